The molecule has 0 aliphatic carbocycles. The van der Waals surface area contributed by atoms with Gasteiger partial charge < -0.3 is 11.5 Å². The van der Waals surface area contributed by atoms with Crippen LogP contribution in [0.25, 0.3) is 0 Å². The molecule has 1 aromatic rings. The Hall–Kier alpha value is -0.930. The molecule has 13 heavy (non-hydrogen) atoms. The standard InChI is InChI=1S/C8H9Cl2N3/c9-6-1-2-7(10)5(3-6)4-13-8(11)12/h1-3H,4H2,(H4,11,12,13). The average Bonchev–Trinajstić information content (AvgIpc) is 2.06. The van der Waals surface area contributed by atoms with E-state index in [1.54, 1.807) is 18.2 Å². The van der Waals surface area contributed by atoms with E-state index in [9.17, 15) is 0 Å². The van der Waals surface area contributed by atoms with Crippen LogP contribution in [0.1, 0.15) is 5.56 Å². The van der Waals surface area contributed by atoms with Gasteiger partial charge in [0.05, 0.1) is 6.54 Å². The fourth-order valence-electron chi connectivity index (χ4n) is 0.841. The van der Waals surface area contributed by atoms with Crippen molar-refractivity contribution in [3.8, 4) is 0 Å². The minimum absolute atomic E-state index is 0.0380. The molecule has 0 atom stereocenters. The molecule has 0 aromatic heterocycles. The molecule has 3 nitrogen and oxygen atoms in total. The smallest absolute Gasteiger partial charge is 0.186 e. The molecule has 0 aliphatic rings. The van der Waals surface area contributed by atoms with Crippen LogP contribution in [0.5, 0.6) is 0 Å². The molecule has 0 radical (unpaired) electrons. The van der Waals surface area contributed by atoms with Crippen molar-refractivity contribution in [2.45, 2.75) is 6.54 Å². The van der Waals surface area contributed by atoms with Gasteiger partial charge in [-0.25, -0.2) is 4.99 Å². The molecule has 5 heteroatoms. The van der Waals surface area contributed by atoms with Crippen LogP contribution in [0.15, 0.2) is 23.2 Å². The normalized spacial score (nSPS) is 9.69. The highest BCUT2D eigenvalue weighted by atomic mass is 35.5. The van der Waals surface area contributed by atoms with Gasteiger partial charge in [0.2, 0.25) is 0 Å². The molecular formula is C8H9Cl2N3. The first-order valence-corrected chi connectivity index (χ1v) is 4.34. The highest BCUT2D eigenvalue weighted by molar-refractivity contribution is 6.33. The van der Waals surface area contributed by atoms with Gasteiger partial charge in [-0.05, 0) is 23.8 Å². The average molecular weight is 218 g/mol. The lowest BCUT2D eigenvalue weighted by Gasteiger charge is -2.01. The zero-order chi connectivity index (χ0) is 9.84. The molecule has 0 saturated carbocycles. The van der Waals surface area contributed by atoms with Gasteiger partial charge in [0.25, 0.3) is 0 Å². The molecular weight excluding hydrogens is 209 g/mol. The van der Waals surface area contributed by atoms with Gasteiger partial charge in [-0.2, -0.15) is 0 Å². The number of guanidine groups is 1. The van der Waals surface area contributed by atoms with Crippen molar-refractivity contribution < 1.29 is 0 Å². The highest BCUT2D eigenvalue weighted by Crippen LogP contribution is 2.20. The Labute approximate surface area is 86.3 Å². The first kappa shape index (κ1) is 10.2. The highest BCUT2D eigenvalue weighted by Gasteiger charge is 1.99. The number of nitrogens with zero attached hydrogens (tertiary/aromatic N) is 1. The van der Waals surface area contributed by atoms with Gasteiger partial charge in [0.1, 0.15) is 0 Å². The third kappa shape index (κ3) is 3.13. The van der Waals surface area contributed by atoms with Crippen LogP contribution in [-0.4, -0.2) is 5.96 Å². The molecule has 0 amide bonds. The summed E-state index contributed by atoms with van der Waals surface area (Å²) < 4.78 is 0. The van der Waals surface area contributed by atoms with Crippen LogP contribution < -0.4 is 11.5 Å². The summed E-state index contributed by atoms with van der Waals surface area (Å²) in [5, 5.41) is 1.22. The zero-order valence-electron chi connectivity index (χ0n) is 6.80. The molecule has 1 aromatic carbocycles. The molecule has 0 unspecified atom stereocenters. The van der Waals surface area contributed by atoms with Crippen molar-refractivity contribution in [3.63, 3.8) is 0 Å². The van der Waals surface area contributed by atoms with Gasteiger partial charge in [-0.3, -0.25) is 0 Å². The second kappa shape index (κ2) is 4.35. The Kier molecular flexibility index (Phi) is 3.39. The summed E-state index contributed by atoms with van der Waals surface area (Å²) in [4.78, 5) is 3.83. The monoisotopic (exact) mass is 217 g/mol. The molecule has 70 valence electrons. The molecule has 0 spiro atoms. The lowest BCUT2D eigenvalue weighted by Crippen LogP contribution is -2.22. The molecule has 0 bridgehead atoms. The summed E-state index contributed by atoms with van der Waals surface area (Å²) in [6.07, 6.45) is 0. The number of halogens is 2. The summed E-state index contributed by atoms with van der Waals surface area (Å²) in [6.45, 7) is 0.349. The van der Waals surface area contributed by atoms with E-state index in [1.807, 2.05) is 0 Å². The lowest BCUT2D eigenvalue weighted by atomic mass is 10.2. The first-order valence-electron chi connectivity index (χ1n) is 3.59. The Morgan fingerprint density at radius 1 is 1.31 bits per heavy atom. The van der Waals surface area contributed by atoms with E-state index in [4.69, 9.17) is 34.7 Å². The third-order valence-electron chi connectivity index (χ3n) is 1.44. The van der Waals surface area contributed by atoms with Gasteiger partial charge in [0.15, 0.2) is 5.96 Å². The van der Waals surface area contributed by atoms with E-state index >= 15 is 0 Å². The van der Waals surface area contributed by atoms with Gasteiger partial charge >= 0.3 is 0 Å². The van der Waals surface area contributed by atoms with Crippen molar-refractivity contribution >= 4 is 29.2 Å². The maximum atomic E-state index is 5.87. The van der Waals surface area contributed by atoms with Gasteiger partial charge in [0, 0.05) is 10.0 Å². The number of rotatable bonds is 2. The van der Waals surface area contributed by atoms with E-state index in [0.717, 1.165) is 5.56 Å². The zero-order valence-corrected chi connectivity index (χ0v) is 8.31. The topological polar surface area (TPSA) is 64.4 Å². The minimum Gasteiger partial charge on any atom is -0.370 e. The summed E-state index contributed by atoms with van der Waals surface area (Å²) in [5.74, 6) is 0.0380. The first-order chi connectivity index (χ1) is 6.09. The molecule has 0 fully saturated rings. The third-order valence-corrected chi connectivity index (χ3v) is 2.04. The van der Waals surface area contributed by atoms with Crippen molar-refractivity contribution in [1.29, 1.82) is 0 Å². The van der Waals surface area contributed by atoms with E-state index in [0.29, 0.717) is 16.6 Å². The van der Waals surface area contributed by atoms with E-state index in [2.05, 4.69) is 4.99 Å². The fourth-order valence-corrected chi connectivity index (χ4v) is 1.21. The Bertz CT molecular complexity index is 332. The Morgan fingerprint density at radius 2 is 2.00 bits per heavy atom. The summed E-state index contributed by atoms with van der Waals surface area (Å²) in [6, 6.07) is 5.15. The van der Waals surface area contributed by atoms with E-state index in [-0.39, 0.29) is 5.96 Å². The second-order valence-electron chi connectivity index (χ2n) is 2.48. The molecule has 4 N–H and O–H groups in total. The SMILES string of the molecule is NC(N)=NCc1cc(Cl)ccc1Cl. The number of benzene rings is 1. The lowest BCUT2D eigenvalue weighted by molar-refractivity contribution is 1.05. The van der Waals surface area contributed by atoms with Crippen LogP contribution in [0.3, 0.4) is 0 Å². The second-order valence-corrected chi connectivity index (χ2v) is 3.32. The van der Waals surface area contributed by atoms with Crippen LogP contribution in [0, 0.1) is 0 Å². The Balaban J connectivity index is 2.87. The number of aliphatic imine (C=N–C) groups is 1. The van der Waals surface area contributed by atoms with Crippen molar-refractivity contribution in [1.82, 2.24) is 0 Å². The van der Waals surface area contributed by atoms with Gasteiger partial charge in [-0.15, -0.1) is 0 Å². The van der Waals surface area contributed by atoms with Crippen LogP contribution in [-0.2, 0) is 6.54 Å². The quantitative estimate of drug-likeness (QED) is 0.586. The number of hydrogen-bond acceptors (Lipinski definition) is 1. The Morgan fingerprint density at radius 3 is 2.62 bits per heavy atom. The van der Waals surface area contributed by atoms with Crippen molar-refractivity contribution in [2.24, 2.45) is 16.5 Å². The molecule has 0 saturated heterocycles. The number of hydrogen-bond donors (Lipinski definition) is 2. The summed E-state index contributed by atoms with van der Waals surface area (Å²) in [7, 11) is 0. The van der Waals surface area contributed by atoms with Crippen molar-refractivity contribution in [2.75, 3.05) is 0 Å². The van der Waals surface area contributed by atoms with E-state index < -0.39 is 0 Å². The minimum atomic E-state index is 0.0380. The summed E-state index contributed by atoms with van der Waals surface area (Å²) in [5.41, 5.74) is 11.2. The van der Waals surface area contributed by atoms with Crippen molar-refractivity contribution in [3.05, 3.63) is 33.8 Å². The molecule has 0 heterocycles. The fraction of sp³-hybridized carbons (Fsp3) is 0.125. The molecule has 0 aliphatic heterocycles. The predicted octanol–water partition coefficient (Wildman–Crippen LogP) is 1.77. The maximum Gasteiger partial charge on any atom is 0.186 e. The largest absolute Gasteiger partial charge is 0.370 e. The van der Waals surface area contributed by atoms with E-state index in [1.165, 1.54) is 0 Å². The maximum absolute atomic E-state index is 5.87. The van der Waals surface area contributed by atoms with Gasteiger partial charge in [-0.1, -0.05) is 23.2 Å². The predicted molar refractivity (Wildman–Crippen MR) is 56.0 cm³/mol. The summed E-state index contributed by atoms with van der Waals surface area (Å²) >= 11 is 11.6. The van der Waals surface area contributed by atoms with Crippen LogP contribution >= 0.6 is 23.2 Å². The molecule has 1 rings (SSSR count). The number of nitrogens with two attached hydrogens (primary N) is 2. The van der Waals surface area contributed by atoms with Crippen LogP contribution in [0.4, 0.5) is 0 Å². The van der Waals surface area contributed by atoms with Crippen LogP contribution in [0.2, 0.25) is 10.0 Å².